The van der Waals surface area contributed by atoms with Crippen LogP contribution < -0.4 is 5.46 Å². The lowest BCUT2D eigenvalue weighted by Crippen LogP contribution is -2.29. The first kappa shape index (κ1) is 35.9. The highest BCUT2D eigenvalue weighted by atomic mass is 79.9. The summed E-state index contributed by atoms with van der Waals surface area (Å²) in [6, 6.07) is 53.7. The number of hydrogen-bond donors (Lipinski definition) is 2. The SMILES string of the molecule is Brc1ccc(-n2c3ccccc3c3ccccc32)cc1.Cc1cc(Br)c(C)cc1Br.OB(O)c1ccc(-n2c3ccccc3c3ccccc32)cc1. The molecule has 0 aliphatic rings. The molecule has 0 fully saturated rings. The van der Waals surface area contributed by atoms with Crippen molar-refractivity contribution >= 4 is 104 Å². The molecule has 0 amide bonds. The van der Waals surface area contributed by atoms with Gasteiger partial charge < -0.3 is 19.2 Å². The first-order valence-electron chi connectivity index (χ1n) is 16.8. The fourth-order valence-corrected chi connectivity index (χ4v) is 7.71. The maximum absolute atomic E-state index is 9.24. The van der Waals surface area contributed by atoms with E-state index in [1.54, 1.807) is 12.1 Å². The summed E-state index contributed by atoms with van der Waals surface area (Å²) in [6.45, 7) is 4.16. The number of benzene rings is 7. The van der Waals surface area contributed by atoms with E-state index in [9.17, 15) is 10.0 Å². The average Bonchev–Trinajstić information content (AvgIpc) is 3.68. The molecule has 9 aromatic rings. The number of nitrogens with zero attached hydrogens (tertiary/aromatic N) is 2. The van der Waals surface area contributed by atoms with E-state index in [4.69, 9.17) is 0 Å². The summed E-state index contributed by atoms with van der Waals surface area (Å²) in [4.78, 5) is 0. The van der Waals surface area contributed by atoms with Crippen LogP contribution in [-0.2, 0) is 0 Å². The lowest BCUT2D eigenvalue weighted by atomic mass is 9.80. The Morgan fingerprint density at radius 2 is 0.731 bits per heavy atom. The van der Waals surface area contributed by atoms with Crippen molar-refractivity contribution in [3.63, 3.8) is 0 Å². The molecule has 0 bridgehead atoms. The van der Waals surface area contributed by atoms with E-state index in [1.807, 2.05) is 36.4 Å². The van der Waals surface area contributed by atoms with Gasteiger partial charge in [-0.3, -0.25) is 0 Å². The molecule has 2 N–H and O–H groups in total. The van der Waals surface area contributed by atoms with E-state index in [0.717, 1.165) is 21.2 Å². The molecule has 0 saturated heterocycles. The molecule has 2 heterocycles. The lowest BCUT2D eigenvalue weighted by Gasteiger charge is -2.08. The van der Waals surface area contributed by atoms with Gasteiger partial charge in [0, 0.05) is 46.3 Å². The van der Waals surface area contributed by atoms with Crippen LogP contribution in [0.1, 0.15) is 11.1 Å². The third kappa shape index (κ3) is 7.27. The first-order chi connectivity index (χ1) is 25.2. The zero-order valence-corrected chi connectivity index (χ0v) is 33.3. The maximum Gasteiger partial charge on any atom is 0.488 e. The van der Waals surface area contributed by atoms with Crippen LogP contribution >= 0.6 is 47.8 Å². The largest absolute Gasteiger partial charge is 0.488 e. The van der Waals surface area contributed by atoms with E-state index in [1.165, 1.54) is 58.3 Å². The van der Waals surface area contributed by atoms with Gasteiger partial charge in [0.1, 0.15) is 0 Å². The van der Waals surface area contributed by atoms with E-state index in [-0.39, 0.29) is 0 Å². The molecule has 8 heteroatoms. The van der Waals surface area contributed by atoms with Crippen LogP contribution in [0.2, 0.25) is 0 Å². The Balaban J connectivity index is 0.000000130. The first-order valence-corrected chi connectivity index (χ1v) is 19.2. The second-order valence-corrected chi connectivity index (χ2v) is 15.2. The number of para-hydroxylation sites is 4. The third-order valence-corrected chi connectivity index (χ3v) is 11.4. The van der Waals surface area contributed by atoms with Crippen molar-refractivity contribution in [2.24, 2.45) is 0 Å². The molecule has 4 nitrogen and oxygen atoms in total. The normalized spacial score (nSPS) is 11.0. The average molecular weight is 873 g/mol. The second-order valence-electron chi connectivity index (χ2n) is 12.5. The number of halogens is 3. The van der Waals surface area contributed by atoms with Crippen molar-refractivity contribution in [1.82, 2.24) is 9.13 Å². The number of aromatic nitrogens is 2. The fraction of sp³-hybridized carbons (Fsp3) is 0.0455. The molecule has 0 aliphatic heterocycles. The standard InChI is InChI=1S/C18H14BNO2.C18H12BrN.C8H8Br2/c21-19(22)13-9-11-14(12-10-13)20-17-7-3-1-5-15(17)16-6-2-4-8-18(16)20;19-13-9-11-14(12-10-13)20-17-7-3-1-5-15(17)16-6-2-4-8-18(16)20;1-5-3-8(10)6(2)4-7(5)9/h1-12,21-22H;1-12H;3-4H,1-2H3. The number of fused-ring (bicyclic) bond motifs is 6. The fourth-order valence-electron chi connectivity index (χ4n) is 6.53. The van der Waals surface area contributed by atoms with Crippen molar-refractivity contribution in [2.45, 2.75) is 13.8 Å². The van der Waals surface area contributed by atoms with Gasteiger partial charge in [0.25, 0.3) is 0 Å². The van der Waals surface area contributed by atoms with E-state index < -0.39 is 7.12 Å². The van der Waals surface area contributed by atoms with Gasteiger partial charge in [-0.1, -0.05) is 133 Å². The lowest BCUT2D eigenvalue weighted by molar-refractivity contribution is 0.426. The summed E-state index contributed by atoms with van der Waals surface area (Å²) < 4.78 is 7.96. The molecule has 0 atom stereocenters. The minimum Gasteiger partial charge on any atom is -0.423 e. The summed E-state index contributed by atoms with van der Waals surface area (Å²) in [6.07, 6.45) is 0. The molecule has 0 spiro atoms. The molecular formula is C44H34BBr3N2O2. The summed E-state index contributed by atoms with van der Waals surface area (Å²) in [5.74, 6) is 0. The van der Waals surface area contributed by atoms with E-state index >= 15 is 0 Å². The highest BCUT2D eigenvalue weighted by Gasteiger charge is 2.14. The number of aryl methyl sites for hydroxylation is 2. The smallest absolute Gasteiger partial charge is 0.423 e. The Morgan fingerprint density at radius 1 is 0.423 bits per heavy atom. The molecule has 256 valence electrons. The van der Waals surface area contributed by atoms with Crippen LogP contribution in [0, 0.1) is 13.8 Å². The molecule has 0 aliphatic carbocycles. The number of rotatable bonds is 3. The predicted octanol–water partition coefficient (Wildman–Crippen LogP) is 11.8. The van der Waals surface area contributed by atoms with Gasteiger partial charge >= 0.3 is 7.12 Å². The zero-order valence-electron chi connectivity index (χ0n) is 28.5. The zero-order chi connectivity index (χ0) is 36.4. The predicted molar refractivity (Wildman–Crippen MR) is 230 cm³/mol. The van der Waals surface area contributed by atoms with Gasteiger partial charge in [-0.05, 0) is 103 Å². The van der Waals surface area contributed by atoms with Gasteiger partial charge in [0.2, 0.25) is 0 Å². The van der Waals surface area contributed by atoms with Crippen LogP contribution in [0.25, 0.3) is 55.0 Å². The molecule has 0 unspecified atom stereocenters. The maximum atomic E-state index is 9.24. The topological polar surface area (TPSA) is 50.3 Å². The third-order valence-electron chi connectivity index (χ3n) is 9.13. The number of hydrogen-bond acceptors (Lipinski definition) is 2. The molecule has 2 aromatic heterocycles. The van der Waals surface area contributed by atoms with Crippen molar-refractivity contribution < 1.29 is 10.0 Å². The monoisotopic (exact) mass is 870 g/mol. The molecule has 9 rings (SSSR count). The van der Waals surface area contributed by atoms with Crippen LogP contribution in [-0.4, -0.2) is 26.3 Å². The van der Waals surface area contributed by atoms with Gasteiger partial charge in [0.15, 0.2) is 0 Å². The molecule has 52 heavy (non-hydrogen) atoms. The molecular weight excluding hydrogens is 839 g/mol. The Kier molecular flexibility index (Phi) is 10.8. The Morgan fingerprint density at radius 3 is 1.06 bits per heavy atom. The van der Waals surface area contributed by atoms with Crippen LogP contribution in [0.15, 0.2) is 171 Å². The minimum absolute atomic E-state index is 0.490. The summed E-state index contributed by atoms with van der Waals surface area (Å²) in [7, 11) is -1.44. The molecule has 0 radical (unpaired) electrons. The highest BCUT2D eigenvalue weighted by Crippen LogP contribution is 2.33. The van der Waals surface area contributed by atoms with Gasteiger partial charge in [-0.25, -0.2) is 0 Å². The highest BCUT2D eigenvalue weighted by molar-refractivity contribution is 9.11. The van der Waals surface area contributed by atoms with Crippen LogP contribution in [0.4, 0.5) is 0 Å². The second kappa shape index (κ2) is 15.7. The van der Waals surface area contributed by atoms with Crippen LogP contribution in [0.5, 0.6) is 0 Å². The Bertz CT molecular complexity index is 2510. The van der Waals surface area contributed by atoms with Crippen LogP contribution in [0.3, 0.4) is 0 Å². The van der Waals surface area contributed by atoms with Crippen molar-refractivity contribution in [3.05, 3.63) is 182 Å². The van der Waals surface area contributed by atoms with Crippen molar-refractivity contribution in [3.8, 4) is 11.4 Å². The summed E-state index contributed by atoms with van der Waals surface area (Å²) in [5.41, 5.74) is 9.97. The Labute approximate surface area is 328 Å². The molecule has 7 aromatic carbocycles. The summed E-state index contributed by atoms with van der Waals surface area (Å²) >= 11 is 10.4. The van der Waals surface area contributed by atoms with Crippen molar-refractivity contribution in [1.29, 1.82) is 0 Å². The van der Waals surface area contributed by atoms with Gasteiger partial charge in [0.05, 0.1) is 22.1 Å². The van der Waals surface area contributed by atoms with Gasteiger partial charge in [-0.2, -0.15) is 0 Å². The quantitative estimate of drug-likeness (QED) is 0.174. The van der Waals surface area contributed by atoms with E-state index in [2.05, 4.69) is 180 Å². The van der Waals surface area contributed by atoms with Crippen molar-refractivity contribution in [2.75, 3.05) is 0 Å². The van der Waals surface area contributed by atoms with Gasteiger partial charge in [-0.15, -0.1) is 0 Å². The Hall–Kier alpha value is -4.44. The summed E-state index contributed by atoms with van der Waals surface area (Å²) in [5, 5.41) is 23.5. The van der Waals surface area contributed by atoms with E-state index in [0.29, 0.717) is 5.46 Å². The minimum atomic E-state index is -1.44. The molecule has 0 saturated carbocycles.